The Morgan fingerprint density at radius 3 is 2.42 bits per heavy atom. The van der Waals surface area contributed by atoms with E-state index in [9.17, 15) is 13.2 Å². The van der Waals surface area contributed by atoms with Crippen LogP contribution in [0.1, 0.15) is 47.5 Å². The molecule has 8 heteroatoms. The molecule has 2 aromatic carbocycles. The molecule has 0 radical (unpaired) electrons. The summed E-state index contributed by atoms with van der Waals surface area (Å²) in [5.74, 6) is -0.245. The summed E-state index contributed by atoms with van der Waals surface area (Å²) in [6, 6.07) is 18.2. The normalized spacial score (nSPS) is 13.2. The molecular weight excluding hydrogens is 454 g/mol. The van der Waals surface area contributed by atoms with Gasteiger partial charge in [-0.1, -0.05) is 24.3 Å². The van der Waals surface area contributed by atoms with Crippen LogP contribution in [0.5, 0.6) is 0 Å². The number of carbonyl (C=O) groups is 1. The van der Waals surface area contributed by atoms with Crippen LogP contribution in [-0.4, -0.2) is 31.4 Å². The number of rotatable bonds is 7. The van der Waals surface area contributed by atoms with Gasteiger partial charge in [0.25, 0.3) is 5.91 Å². The summed E-state index contributed by atoms with van der Waals surface area (Å²) in [6.07, 6.45) is 2.00. The van der Waals surface area contributed by atoms with E-state index in [1.807, 2.05) is 35.8 Å². The van der Waals surface area contributed by atoms with Crippen LogP contribution in [0.25, 0.3) is 10.9 Å². The van der Waals surface area contributed by atoms with Gasteiger partial charge in [-0.2, -0.15) is 0 Å². The summed E-state index contributed by atoms with van der Waals surface area (Å²) in [5.41, 5.74) is 2.01. The standard InChI is InChI=1S/C25H27N3O3S2/c1-25(2,3)28-33(30,31)18-12-10-17(11-13-18)24(29)27-16-21(23-9-6-14-32-23)20-15-26-22-8-5-4-7-19(20)22/h4-15,21,26,28H,16H2,1-3H3,(H,27,29). The number of nitrogens with one attached hydrogen (secondary N) is 3. The van der Waals surface area contributed by atoms with Crippen molar-refractivity contribution in [3.05, 3.63) is 88.2 Å². The number of fused-ring (bicyclic) bond motifs is 1. The number of hydrogen-bond acceptors (Lipinski definition) is 4. The van der Waals surface area contributed by atoms with Crippen molar-refractivity contribution in [3.63, 3.8) is 0 Å². The van der Waals surface area contributed by atoms with E-state index in [1.165, 1.54) is 12.1 Å². The Balaban J connectivity index is 1.52. The second-order valence-corrected chi connectivity index (χ2v) is 11.6. The minimum atomic E-state index is -3.65. The smallest absolute Gasteiger partial charge is 0.251 e. The number of carbonyl (C=O) groups excluding carboxylic acids is 1. The molecule has 6 nitrogen and oxygen atoms in total. The molecule has 0 spiro atoms. The molecule has 0 aliphatic carbocycles. The van der Waals surface area contributed by atoms with Gasteiger partial charge in [0.1, 0.15) is 0 Å². The number of H-pyrrole nitrogens is 1. The molecule has 33 heavy (non-hydrogen) atoms. The summed E-state index contributed by atoms with van der Waals surface area (Å²) in [5, 5.41) is 6.19. The molecule has 1 amide bonds. The van der Waals surface area contributed by atoms with Crippen molar-refractivity contribution in [1.29, 1.82) is 0 Å². The number of aromatic amines is 1. The van der Waals surface area contributed by atoms with Crippen LogP contribution in [-0.2, 0) is 10.0 Å². The Bertz CT molecular complexity index is 1350. The van der Waals surface area contributed by atoms with Gasteiger partial charge in [-0.15, -0.1) is 11.3 Å². The third kappa shape index (κ3) is 5.35. The zero-order chi connectivity index (χ0) is 23.6. The van der Waals surface area contributed by atoms with Crippen LogP contribution >= 0.6 is 11.3 Å². The van der Waals surface area contributed by atoms with Gasteiger partial charge in [-0.05, 0) is 68.1 Å². The Hall–Kier alpha value is -2.94. The highest BCUT2D eigenvalue weighted by atomic mass is 32.2. The van der Waals surface area contributed by atoms with E-state index >= 15 is 0 Å². The molecule has 3 N–H and O–H groups in total. The summed E-state index contributed by atoms with van der Waals surface area (Å²) >= 11 is 1.66. The number of sulfonamides is 1. The van der Waals surface area contributed by atoms with Gasteiger partial charge in [0.2, 0.25) is 10.0 Å². The van der Waals surface area contributed by atoms with Gasteiger partial charge in [0.15, 0.2) is 0 Å². The van der Waals surface area contributed by atoms with Crippen LogP contribution in [0.15, 0.2) is 77.1 Å². The fourth-order valence-corrected chi connectivity index (χ4v) is 6.04. The molecule has 172 valence electrons. The fourth-order valence-electron chi connectivity index (χ4n) is 3.78. The van der Waals surface area contributed by atoms with E-state index in [0.29, 0.717) is 12.1 Å². The monoisotopic (exact) mass is 481 g/mol. The minimum absolute atomic E-state index is 0.000682. The number of para-hydroxylation sites is 1. The topological polar surface area (TPSA) is 91.1 Å². The molecule has 2 aromatic heterocycles. The first-order valence-corrected chi connectivity index (χ1v) is 13.0. The number of benzene rings is 2. The average Bonchev–Trinajstić information content (AvgIpc) is 3.43. The maximum atomic E-state index is 12.9. The molecule has 0 saturated heterocycles. The molecule has 0 aliphatic rings. The first kappa shape index (κ1) is 23.2. The Morgan fingerprint density at radius 2 is 1.76 bits per heavy atom. The van der Waals surface area contributed by atoms with E-state index in [1.54, 1.807) is 44.2 Å². The highest BCUT2D eigenvalue weighted by molar-refractivity contribution is 7.89. The average molecular weight is 482 g/mol. The summed E-state index contributed by atoms with van der Waals surface area (Å²) in [6.45, 7) is 5.77. The zero-order valence-electron chi connectivity index (χ0n) is 18.8. The van der Waals surface area contributed by atoms with Crippen LogP contribution in [0.3, 0.4) is 0 Å². The summed E-state index contributed by atoms with van der Waals surface area (Å²) in [4.78, 5) is 17.5. The maximum Gasteiger partial charge on any atom is 0.251 e. The van der Waals surface area contributed by atoms with E-state index < -0.39 is 15.6 Å². The van der Waals surface area contributed by atoms with Crippen molar-refractivity contribution in [3.8, 4) is 0 Å². The van der Waals surface area contributed by atoms with Gasteiger partial charge in [-0.25, -0.2) is 13.1 Å². The second kappa shape index (κ2) is 9.13. The lowest BCUT2D eigenvalue weighted by Gasteiger charge is -2.20. The second-order valence-electron chi connectivity index (χ2n) is 8.95. The molecule has 0 bridgehead atoms. The van der Waals surface area contributed by atoms with E-state index in [2.05, 4.69) is 27.2 Å². The van der Waals surface area contributed by atoms with Crippen molar-refractivity contribution in [2.24, 2.45) is 0 Å². The SMILES string of the molecule is CC(C)(C)NS(=O)(=O)c1ccc(C(=O)NCC(c2cccs2)c2c[nH]c3ccccc23)cc1. The fraction of sp³-hybridized carbons (Fsp3) is 0.240. The molecule has 4 aromatic rings. The summed E-state index contributed by atoms with van der Waals surface area (Å²) in [7, 11) is -3.65. The molecule has 0 aliphatic heterocycles. The lowest BCUT2D eigenvalue weighted by Crippen LogP contribution is -2.40. The first-order valence-electron chi connectivity index (χ1n) is 10.7. The van der Waals surface area contributed by atoms with Crippen LogP contribution in [0, 0.1) is 0 Å². The number of aromatic nitrogens is 1. The highest BCUT2D eigenvalue weighted by Crippen LogP contribution is 2.32. The highest BCUT2D eigenvalue weighted by Gasteiger charge is 2.23. The predicted octanol–water partition coefficient (Wildman–Crippen LogP) is 4.87. The molecular formula is C25H27N3O3S2. The number of amides is 1. The van der Waals surface area contributed by atoms with Gasteiger partial charge >= 0.3 is 0 Å². The first-order chi connectivity index (χ1) is 15.6. The van der Waals surface area contributed by atoms with Gasteiger partial charge in [0, 0.05) is 45.5 Å². The molecule has 0 saturated carbocycles. The largest absolute Gasteiger partial charge is 0.361 e. The molecule has 0 fully saturated rings. The van der Waals surface area contributed by atoms with E-state index in [4.69, 9.17) is 0 Å². The van der Waals surface area contributed by atoms with Crippen molar-refractivity contribution in [2.75, 3.05) is 6.54 Å². The van der Waals surface area contributed by atoms with Crippen molar-refractivity contribution < 1.29 is 13.2 Å². The third-order valence-corrected chi connectivity index (χ3v) is 7.98. The third-order valence-electron chi connectivity index (χ3n) is 5.22. The number of hydrogen-bond donors (Lipinski definition) is 3. The van der Waals surface area contributed by atoms with Crippen LogP contribution in [0.4, 0.5) is 0 Å². The van der Waals surface area contributed by atoms with E-state index in [0.717, 1.165) is 21.3 Å². The van der Waals surface area contributed by atoms with Crippen molar-refractivity contribution >= 4 is 38.2 Å². The predicted molar refractivity (Wildman–Crippen MR) is 133 cm³/mol. The van der Waals surface area contributed by atoms with Crippen molar-refractivity contribution in [2.45, 2.75) is 37.1 Å². The molecule has 4 rings (SSSR count). The number of thiophene rings is 1. The van der Waals surface area contributed by atoms with Gasteiger partial charge < -0.3 is 10.3 Å². The Morgan fingerprint density at radius 1 is 1.03 bits per heavy atom. The van der Waals surface area contributed by atoms with Gasteiger partial charge in [-0.3, -0.25) is 4.79 Å². The minimum Gasteiger partial charge on any atom is -0.361 e. The quantitative estimate of drug-likeness (QED) is 0.352. The molecule has 2 heterocycles. The van der Waals surface area contributed by atoms with Crippen LogP contribution < -0.4 is 10.0 Å². The van der Waals surface area contributed by atoms with Gasteiger partial charge in [0.05, 0.1) is 4.90 Å². The maximum absolute atomic E-state index is 12.9. The Labute approximate surface area is 198 Å². The van der Waals surface area contributed by atoms with E-state index in [-0.39, 0.29) is 16.7 Å². The van der Waals surface area contributed by atoms with Crippen molar-refractivity contribution in [1.82, 2.24) is 15.0 Å². The zero-order valence-corrected chi connectivity index (χ0v) is 20.4. The lowest BCUT2D eigenvalue weighted by atomic mass is 9.96. The Kier molecular flexibility index (Phi) is 6.43. The molecule has 1 atom stereocenters. The van der Waals surface area contributed by atoms with Crippen LogP contribution in [0.2, 0.25) is 0 Å². The molecule has 1 unspecified atom stereocenters. The summed E-state index contributed by atoms with van der Waals surface area (Å²) < 4.78 is 27.6. The lowest BCUT2D eigenvalue weighted by molar-refractivity contribution is 0.0952.